The molecule has 0 fully saturated rings. The number of carbonyl (C=O) groups excluding carboxylic acids is 1. The fourth-order valence-corrected chi connectivity index (χ4v) is 3.66. The van der Waals surface area contributed by atoms with Crippen LogP contribution < -0.4 is 5.32 Å². The van der Waals surface area contributed by atoms with Gasteiger partial charge in [0.15, 0.2) is 0 Å². The normalized spacial score (nSPS) is 11.0. The second-order valence-corrected chi connectivity index (χ2v) is 6.41. The topological polar surface area (TPSA) is 51.2 Å². The third-order valence-electron chi connectivity index (χ3n) is 3.98. The molecule has 0 unspecified atom stereocenters. The van der Waals surface area contributed by atoms with Crippen LogP contribution in [0.3, 0.4) is 0 Å². The predicted octanol–water partition coefficient (Wildman–Crippen LogP) is 5.26. The maximum Gasteiger partial charge on any atom is 0.337 e. The molecule has 0 saturated carbocycles. The number of nitrogens with zero attached hydrogens (tertiary/aromatic N) is 1. The Hall–Kier alpha value is -3.06. The minimum absolute atomic E-state index is 0.256. The lowest BCUT2D eigenvalue weighted by atomic mass is 10.1. The number of nitrogens with one attached hydrogen (secondary N) is 1. The van der Waals surface area contributed by atoms with Gasteiger partial charge in [0.25, 0.3) is 0 Å². The Morgan fingerprint density at radius 1 is 1.04 bits per heavy atom. The average molecular weight is 370 g/mol. The number of halogens is 2. The molecule has 0 spiro atoms. The molecule has 0 aliphatic carbocycles. The van der Waals surface area contributed by atoms with Crippen LogP contribution in [0.4, 0.5) is 20.3 Å². The third-order valence-corrected chi connectivity index (χ3v) is 4.73. The van der Waals surface area contributed by atoms with Gasteiger partial charge < -0.3 is 10.1 Å². The van der Waals surface area contributed by atoms with E-state index in [2.05, 4.69) is 10.3 Å². The number of fused-ring (bicyclic) bond motifs is 3. The average Bonchev–Trinajstić information content (AvgIpc) is 3.10. The number of thiophene rings is 1. The first-order valence-electron chi connectivity index (χ1n) is 7.66. The van der Waals surface area contributed by atoms with Crippen LogP contribution in [0.2, 0.25) is 0 Å². The Kier molecular flexibility index (Phi) is 4.00. The summed E-state index contributed by atoms with van der Waals surface area (Å²) in [5, 5.41) is 9.50. The Bertz CT molecular complexity index is 1140. The number of benzene rings is 2. The van der Waals surface area contributed by atoms with Crippen LogP contribution in [0.1, 0.15) is 10.4 Å². The molecule has 2 aromatic carbocycles. The van der Waals surface area contributed by atoms with Crippen molar-refractivity contribution in [1.29, 1.82) is 0 Å². The zero-order valence-electron chi connectivity index (χ0n) is 13.5. The van der Waals surface area contributed by atoms with Gasteiger partial charge in [-0.2, -0.15) is 11.3 Å². The minimum atomic E-state index is -0.678. The van der Waals surface area contributed by atoms with E-state index >= 15 is 0 Å². The summed E-state index contributed by atoms with van der Waals surface area (Å²) in [6.07, 6.45) is 0. The SMILES string of the molecule is COC(=O)c1ccc2c(c1)nc(Nc1cc(F)cc(F)c1)c1cscc12. The third kappa shape index (κ3) is 2.86. The van der Waals surface area contributed by atoms with Gasteiger partial charge in [-0.3, -0.25) is 0 Å². The molecule has 4 aromatic rings. The van der Waals surface area contributed by atoms with Gasteiger partial charge in [0.2, 0.25) is 0 Å². The number of ether oxygens (including phenoxy) is 1. The summed E-state index contributed by atoms with van der Waals surface area (Å²) in [5.74, 6) is -1.35. The molecule has 7 heteroatoms. The number of aromatic nitrogens is 1. The van der Waals surface area contributed by atoms with Crippen LogP contribution in [0.5, 0.6) is 0 Å². The summed E-state index contributed by atoms with van der Waals surface area (Å²) in [6, 6.07) is 8.32. The first-order valence-corrected chi connectivity index (χ1v) is 8.60. The quantitative estimate of drug-likeness (QED) is 0.500. The molecule has 0 aliphatic heterocycles. The van der Waals surface area contributed by atoms with E-state index in [0.29, 0.717) is 16.9 Å². The molecule has 1 N–H and O–H groups in total. The molecular formula is C19H12F2N2O2S. The highest BCUT2D eigenvalue weighted by Crippen LogP contribution is 2.34. The van der Waals surface area contributed by atoms with Crippen molar-refractivity contribution >= 4 is 50.5 Å². The highest BCUT2D eigenvalue weighted by Gasteiger charge is 2.13. The second kappa shape index (κ2) is 6.34. The van der Waals surface area contributed by atoms with E-state index in [1.165, 1.54) is 30.6 Å². The Balaban J connectivity index is 1.89. The highest BCUT2D eigenvalue weighted by molar-refractivity contribution is 7.09. The van der Waals surface area contributed by atoms with Crippen molar-refractivity contribution in [3.8, 4) is 0 Å². The number of anilines is 2. The molecule has 0 amide bonds. The van der Waals surface area contributed by atoms with E-state index in [-0.39, 0.29) is 5.69 Å². The van der Waals surface area contributed by atoms with E-state index in [1.807, 2.05) is 16.8 Å². The van der Waals surface area contributed by atoms with Gasteiger partial charge in [0, 0.05) is 33.3 Å². The van der Waals surface area contributed by atoms with Crippen molar-refractivity contribution < 1.29 is 18.3 Å². The molecule has 0 radical (unpaired) electrons. The van der Waals surface area contributed by atoms with Crippen LogP contribution in [-0.4, -0.2) is 18.1 Å². The molecule has 2 heterocycles. The maximum absolute atomic E-state index is 13.5. The van der Waals surface area contributed by atoms with Gasteiger partial charge in [0.1, 0.15) is 17.5 Å². The van der Waals surface area contributed by atoms with E-state index in [9.17, 15) is 13.6 Å². The fourth-order valence-electron chi connectivity index (χ4n) is 2.82. The summed E-state index contributed by atoms with van der Waals surface area (Å²) < 4.78 is 31.7. The van der Waals surface area contributed by atoms with E-state index in [4.69, 9.17) is 4.74 Å². The summed E-state index contributed by atoms with van der Waals surface area (Å²) >= 11 is 1.49. The molecule has 0 bridgehead atoms. The number of rotatable bonds is 3. The van der Waals surface area contributed by atoms with Gasteiger partial charge >= 0.3 is 5.97 Å². The van der Waals surface area contributed by atoms with Crippen molar-refractivity contribution in [2.24, 2.45) is 0 Å². The van der Waals surface area contributed by atoms with Crippen molar-refractivity contribution in [3.05, 3.63) is 64.4 Å². The first kappa shape index (κ1) is 16.4. The van der Waals surface area contributed by atoms with Crippen LogP contribution in [-0.2, 0) is 4.74 Å². The lowest BCUT2D eigenvalue weighted by Crippen LogP contribution is -2.01. The monoisotopic (exact) mass is 370 g/mol. The summed E-state index contributed by atoms with van der Waals surface area (Å²) in [4.78, 5) is 16.3. The summed E-state index contributed by atoms with van der Waals surface area (Å²) in [5.41, 5.74) is 1.22. The lowest BCUT2D eigenvalue weighted by molar-refractivity contribution is 0.0601. The molecule has 0 atom stereocenters. The number of esters is 1. The molecule has 26 heavy (non-hydrogen) atoms. The molecular weight excluding hydrogens is 358 g/mol. The molecule has 2 aromatic heterocycles. The lowest BCUT2D eigenvalue weighted by Gasteiger charge is -2.10. The molecule has 4 rings (SSSR count). The van der Waals surface area contributed by atoms with E-state index < -0.39 is 17.6 Å². The van der Waals surface area contributed by atoms with Crippen LogP contribution >= 0.6 is 11.3 Å². The van der Waals surface area contributed by atoms with Gasteiger partial charge in [-0.25, -0.2) is 18.6 Å². The summed E-state index contributed by atoms with van der Waals surface area (Å²) in [7, 11) is 1.31. The second-order valence-electron chi connectivity index (χ2n) is 5.67. The zero-order chi connectivity index (χ0) is 18.3. The highest BCUT2D eigenvalue weighted by atomic mass is 32.1. The molecule has 0 saturated heterocycles. The van der Waals surface area contributed by atoms with Gasteiger partial charge in [-0.1, -0.05) is 6.07 Å². The van der Waals surface area contributed by atoms with Crippen molar-refractivity contribution in [3.63, 3.8) is 0 Å². The molecule has 0 aliphatic rings. The van der Waals surface area contributed by atoms with Crippen molar-refractivity contribution in [2.75, 3.05) is 12.4 Å². The van der Waals surface area contributed by atoms with Gasteiger partial charge in [-0.15, -0.1) is 0 Å². The maximum atomic E-state index is 13.5. The van der Waals surface area contributed by atoms with Gasteiger partial charge in [0.05, 0.1) is 18.2 Å². The number of pyridine rings is 1. The minimum Gasteiger partial charge on any atom is -0.465 e. The van der Waals surface area contributed by atoms with Crippen molar-refractivity contribution in [2.45, 2.75) is 0 Å². The van der Waals surface area contributed by atoms with E-state index in [1.54, 1.807) is 12.1 Å². The summed E-state index contributed by atoms with van der Waals surface area (Å²) in [6.45, 7) is 0. The van der Waals surface area contributed by atoms with Crippen LogP contribution in [0.25, 0.3) is 21.7 Å². The van der Waals surface area contributed by atoms with Crippen LogP contribution in [0.15, 0.2) is 47.2 Å². The Morgan fingerprint density at radius 2 is 1.77 bits per heavy atom. The predicted molar refractivity (Wildman–Crippen MR) is 98.1 cm³/mol. The number of methoxy groups -OCH3 is 1. The van der Waals surface area contributed by atoms with Crippen LogP contribution in [0, 0.1) is 11.6 Å². The van der Waals surface area contributed by atoms with Gasteiger partial charge in [-0.05, 0) is 29.6 Å². The first-order chi connectivity index (χ1) is 12.5. The standard InChI is InChI=1S/C19H12F2N2O2S/c1-25-19(24)10-2-3-14-15-8-26-9-16(15)18(23-17(14)4-10)22-13-6-11(20)5-12(21)7-13/h2-9H,1H3,(H,22,23). The number of carbonyl (C=O) groups is 1. The van der Waals surface area contributed by atoms with E-state index in [0.717, 1.165) is 22.2 Å². The zero-order valence-corrected chi connectivity index (χ0v) is 14.4. The molecule has 4 nitrogen and oxygen atoms in total. The smallest absolute Gasteiger partial charge is 0.337 e. The number of hydrogen-bond acceptors (Lipinski definition) is 5. The van der Waals surface area contributed by atoms with Crippen molar-refractivity contribution in [1.82, 2.24) is 4.98 Å². The Morgan fingerprint density at radius 3 is 2.50 bits per heavy atom. The largest absolute Gasteiger partial charge is 0.465 e. The number of hydrogen-bond donors (Lipinski definition) is 1. The Labute approximate surface area is 151 Å². The molecule has 130 valence electrons. The fraction of sp³-hybridized carbons (Fsp3) is 0.0526.